The minimum Gasteiger partial charge on any atom is -0.334 e. The maximum atomic E-state index is 12.8. The van der Waals surface area contributed by atoms with Crippen molar-refractivity contribution in [2.24, 2.45) is 5.92 Å². The zero-order chi connectivity index (χ0) is 19.6. The molecule has 0 saturated heterocycles. The molecule has 0 aliphatic carbocycles. The summed E-state index contributed by atoms with van der Waals surface area (Å²) in [6.45, 7) is 2.41. The maximum absolute atomic E-state index is 12.8. The van der Waals surface area contributed by atoms with Gasteiger partial charge in [-0.15, -0.1) is 5.10 Å². The molecule has 1 N–H and O–H groups in total. The Labute approximate surface area is 159 Å². The quantitative estimate of drug-likeness (QED) is 0.698. The summed E-state index contributed by atoms with van der Waals surface area (Å²) in [4.78, 5) is 7.79. The fraction of sp³-hybridized carbons (Fsp3) is 0.444. The van der Waals surface area contributed by atoms with E-state index >= 15 is 0 Å². The predicted molar refractivity (Wildman–Crippen MR) is 94.1 cm³/mol. The Morgan fingerprint density at radius 1 is 1.25 bits per heavy atom. The highest BCUT2D eigenvalue weighted by atomic mass is 19.4. The van der Waals surface area contributed by atoms with Crippen molar-refractivity contribution in [3.63, 3.8) is 0 Å². The Hall–Kier alpha value is -2.75. The highest BCUT2D eigenvalue weighted by Crippen LogP contribution is 2.30. The first-order chi connectivity index (χ1) is 13.5. The van der Waals surface area contributed by atoms with Crippen molar-refractivity contribution in [1.29, 1.82) is 0 Å². The third-order valence-corrected chi connectivity index (χ3v) is 4.77. The van der Waals surface area contributed by atoms with Crippen molar-refractivity contribution in [2.75, 3.05) is 6.54 Å². The molecule has 1 atom stereocenters. The summed E-state index contributed by atoms with van der Waals surface area (Å²) in [5, 5.41) is 11.6. The van der Waals surface area contributed by atoms with Gasteiger partial charge in [-0.25, -0.2) is 9.67 Å². The topological polar surface area (TPSA) is 73.5 Å². The summed E-state index contributed by atoms with van der Waals surface area (Å²) in [7, 11) is 0. The lowest BCUT2D eigenvalue weighted by Crippen LogP contribution is -2.29. The molecule has 0 radical (unpaired) electrons. The Morgan fingerprint density at radius 3 is 2.93 bits per heavy atom. The van der Waals surface area contributed by atoms with Crippen LogP contribution in [0.2, 0.25) is 0 Å². The molecule has 0 unspecified atom stereocenters. The molecule has 0 spiro atoms. The number of fused-ring (bicyclic) bond motifs is 1. The Balaban J connectivity index is 1.26. The van der Waals surface area contributed by atoms with Gasteiger partial charge in [0.1, 0.15) is 5.82 Å². The molecule has 10 heteroatoms. The second kappa shape index (κ2) is 7.70. The van der Waals surface area contributed by atoms with Crippen molar-refractivity contribution >= 4 is 0 Å². The van der Waals surface area contributed by atoms with Crippen LogP contribution in [0.5, 0.6) is 0 Å². The summed E-state index contributed by atoms with van der Waals surface area (Å²) in [6, 6.07) is 3.85. The third-order valence-electron chi connectivity index (χ3n) is 4.77. The number of nitrogens with zero attached hydrogens (tertiary/aromatic N) is 6. The second-order valence-corrected chi connectivity index (χ2v) is 7.00. The van der Waals surface area contributed by atoms with Crippen molar-refractivity contribution in [1.82, 2.24) is 34.8 Å². The van der Waals surface area contributed by atoms with Gasteiger partial charge in [-0.3, -0.25) is 4.98 Å². The van der Waals surface area contributed by atoms with Crippen LogP contribution in [0.25, 0.3) is 0 Å². The van der Waals surface area contributed by atoms with Crippen molar-refractivity contribution in [2.45, 2.75) is 38.7 Å². The number of nitrogens with one attached hydrogen (secondary N) is 1. The molecule has 4 rings (SSSR count). The minimum absolute atomic E-state index is 0.258. The zero-order valence-electron chi connectivity index (χ0n) is 15.1. The van der Waals surface area contributed by atoms with E-state index in [1.165, 1.54) is 0 Å². The van der Waals surface area contributed by atoms with Gasteiger partial charge in [0.25, 0.3) is 0 Å². The number of alkyl halides is 3. The number of halogens is 3. The second-order valence-electron chi connectivity index (χ2n) is 7.00. The molecule has 7 nitrogen and oxygen atoms in total. The van der Waals surface area contributed by atoms with Gasteiger partial charge in [0, 0.05) is 44.6 Å². The maximum Gasteiger partial charge on any atom is 0.434 e. The first-order valence-corrected chi connectivity index (χ1v) is 9.09. The highest BCUT2D eigenvalue weighted by molar-refractivity contribution is 5.10. The van der Waals surface area contributed by atoms with E-state index in [2.05, 4.69) is 25.6 Å². The van der Waals surface area contributed by atoms with Crippen LogP contribution < -0.4 is 5.32 Å². The fourth-order valence-electron chi connectivity index (χ4n) is 3.40. The first kappa shape index (κ1) is 18.6. The van der Waals surface area contributed by atoms with E-state index in [1.54, 1.807) is 21.6 Å². The molecule has 4 heterocycles. The number of hydrogen-bond donors (Lipinski definition) is 1. The molecule has 0 saturated carbocycles. The summed E-state index contributed by atoms with van der Waals surface area (Å²) in [6.07, 6.45) is 3.49. The summed E-state index contributed by atoms with van der Waals surface area (Å²) >= 11 is 0. The Bertz CT molecular complexity index is 917. The number of pyridine rings is 1. The number of imidazole rings is 1. The van der Waals surface area contributed by atoms with Crippen LogP contribution in [0.15, 0.2) is 36.9 Å². The monoisotopic (exact) mass is 391 g/mol. The fourth-order valence-corrected chi connectivity index (χ4v) is 3.40. The van der Waals surface area contributed by atoms with E-state index in [0.29, 0.717) is 38.4 Å². The van der Waals surface area contributed by atoms with Crippen LogP contribution in [0.1, 0.15) is 29.2 Å². The lowest BCUT2D eigenvalue weighted by molar-refractivity contribution is -0.141. The molecule has 1 aliphatic heterocycles. The summed E-state index contributed by atoms with van der Waals surface area (Å²) < 4.78 is 41.8. The molecular formula is C18H20F3N7. The summed E-state index contributed by atoms with van der Waals surface area (Å²) in [5.41, 5.74) is 1.06. The van der Waals surface area contributed by atoms with E-state index in [1.807, 2.05) is 18.3 Å². The molecule has 0 aromatic carbocycles. The SMILES string of the molecule is FC(F)(F)c1cn2c(n1)CC[C@H](CNCc1cn(Cc3cccnc3)nn1)C2. The molecule has 0 amide bonds. The zero-order valence-corrected chi connectivity index (χ0v) is 15.1. The molecule has 3 aromatic rings. The highest BCUT2D eigenvalue weighted by Gasteiger charge is 2.35. The van der Waals surface area contributed by atoms with Gasteiger partial charge in [-0.2, -0.15) is 13.2 Å². The van der Waals surface area contributed by atoms with Crippen LogP contribution in [0.4, 0.5) is 13.2 Å². The number of aryl methyl sites for hydroxylation is 1. The van der Waals surface area contributed by atoms with E-state index < -0.39 is 11.9 Å². The molecule has 148 valence electrons. The number of aromatic nitrogens is 6. The van der Waals surface area contributed by atoms with Gasteiger partial charge in [0.05, 0.1) is 18.4 Å². The van der Waals surface area contributed by atoms with Crippen molar-refractivity contribution < 1.29 is 13.2 Å². The van der Waals surface area contributed by atoms with E-state index in [4.69, 9.17) is 0 Å². The van der Waals surface area contributed by atoms with E-state index in [-0.39, 0.29) is 5.92 Å². The minimum atomic E-state index is -4.39. The van der Waals surface area contributed by atoms with Gasteiger partial charge >= 0.3 is 6.18 Å². The van der Waals surface area contributed by atoms with Crippen LogP contribution in [-0.2, 0) is 32.2 Å². The van der Waals surface area contributed by atoms with E-state index in [0.717, 1.165) is 23.9 Å². The normalized spacial score (nSPS) is 16.9. The first-order valence-electron chi connectivity index (χ1n) is 9.09. The average molecular weight is 391 g/mol. The number of rotatable bonds is 6. The predicted octanol–water partition coefficient (Wildman–Crippen LogP) is 2.29. The van der Waals surface area contributed by atoms with Gasteiger partial charge < -0.3 is 9.88 Å². The lowest BCUT2D eigenvalue weighted by Gasteiger charge is -2.23. The Kier molecular flexibility index (Phi) is 5.12. The van der Waals surface area contributed by atoms with Crippen LogP contribution in [0.3, 0.4) is 0 Å². The lowest BCUT2D eigenvalue weighted by atomic mass is 9.99. The van der Waals surface area contributed by atoms with Gasteiger partial charge in [0.2, 0.25) is 0 Å². The molecule has 0 fully saturated rings. The van der Waals surface area contributed by atoms with Crippen molar-refractivity contribution in [3.8, 4) is 0 Å². The third kappa shape index (κ3) is 4.38. The molecular weight excluding hydrogens is 371 g/mol. The largest absolute Gasteiger partial charge is 0.434 e. The molecule has 1 aliphatic rings. The van der Waals surface area contributed by atoms with Gasteiger partial charge in [-0.1, -0.05) is 11.3 Å². The van der Waals surface area contributed by atoms with E-state index in [9.17, 15) is 13.2 Å². The molecule has 3 aromatic heterocycles. The Morgan fingerprint density at radius 2 is 2.14 bits per heavy atom. The van der Waals surface area contributed by atoms with Gasteiger partial charge in [-0.05, 0) is 24.0 Å². The molecule has 28 heavy (non-hydrogen) atoms. The standard InChI is InChI=1S/C18H20F3N7/c19-18(20,21)16-12-27-9-14(3-4-17(27)24-16)7-23-8-15-11-28(26-25-15)10-13-2-1-5-22-6-13/h1-2,5-6,11-12,14,23H,3-4,7-10H2/t14-/m1/s1. The van der Waals surface area contributed by atoms with Crippen molar-refractivity contribution in [3.05, 3.63) is 59.7 Å². The van der Waals surface area contributed by atoms with Crippen LogP contribution >= 0.6 is 0 Å². The molecule has 0 bridgehead atoms. The van der Waals surface area contributed by atoms with Gasteiger partial charge in [0.15, 0.2) is 5.69 Å². The van der Waals surface area contributed by atoms with Crippen LogP contribution in [0, 0.1) is 5.92 Å². The smallest absolute Gasteiger partial charge is 0.334 e. The average Bonchev–Trinajstić information content (AvgIpc) is 3.29. The summed E-state index contributed by atoms with van der Waals surface area (Å²) in [5.74, 6) is 0.773. The number of hydrogen-bond acceptors (Lipinski definition) is 5. The van der Waals surface area contributed by atoms with Crippen LogP contribution in [-0.4, -0.2) is 36.1 Å².